The molecule has 1 N–H and O–H groups in total. The molecule has 4 rings (SSSR count). The van der Waals surface area contributed by atoms with Crippen LogP contribution >= 0.6 is 11.6 Å². The number of hydrogen-bond donors (Lipinski definition) is 1. The van der Waals surface area contributed by atoms with Gasteiger partial charge in [0.15, 0.2) is 0 Å². The summed E-state index contributed by atoms with van der Waals surface area (Å²) in [6, 6.07) is 19.8. The Balaban J connectivity index is 1.58. The van der Waals surface area contributed by atoms with Crippen molar-refractivity contribution >= 4 is 17.5 Å². The summed E-state index contributed by atoms with van der Waals surface area (Å²) in [7, 11) is 0. The number of amides is 1. The highest BCUT2D eigenvalue weighted by Gasteiger charge is 2.18. The fourth-order valence-corrected chi connectivity index (χ4v) is 2.81. The molecule has 0 bridgehead atoms. The second-order valence-electron chi connectivity index (χ2n) is 5.98. The molecule has 28 heavy (non-hydrogen) atoms. The largest absolute Gasteiger partial charge is 0.346 e. The van der Waals surface area contributed by atoms with E-state index in [9.17, 15) is 4.79 Å². The van der Waals surface area contributed by atoms with Crippen molar-refractivity contribution in [2.45, 2.75) is 6.54 Å². The van der Waals surface area contributed by atoms with Crippen LogP contribution in [0.5, 0.6) is 0 Å². The summed E-state index contributed by atoms with van der Waals surface area (Å²) >= 11 is 5.92. The van der Waals surface area contributed by atoms with Crippen molar-refractivity contribution in [3.8, 4) is 22.8 Å². The normalized spacial score (nSPS) is 10.6. The average Bonchev–Trinajstić information content (AvgIpc) is 3.23. The second-order valence-corrected chi connectivity index (χ2v) is 6.42. The Morgan fingerprint density at radius 1 is 1.00 bits per heavy atom. The zero-order valence-electron chi connectivity index (χ0n) is 14.7. The summed E-state index contributed by atoms with van der Waals surface area (Å²) < 4.78 is 5.40. The maximum Gasteiger partial charge on any atom is 0.259 e. The van der Waals surface area contributed by atoms with E-state index in [4.69, 9.17) is 16.1 Å². The van der Waals surface area contributed by atoms with Gasteiger partial charge in [-0.2, -0.15) is 4.98 Å². The molecule has 2 heterocycles. The van der Waals surface area contributed by atoms with Crippen LogP contribution in [0, 0.1) is 0 Å². The molecule has 0 atom stereocenters. The summed E-state index contributed by atoms with van der Waals surface area (Å²) in [5.74, 6) is 0.455. The maximum atomic E-state index is 12.7. The van der Waals surface area contributed by atoms with Gasteiger partial charge >= 0.3 is 0 Å². The number of carbonyl (C=O) groups is 1. The molecule has 0 spiro atoms. The summed E-state index contributed by atoms with van der Waals surface area (Å²) in [6.45, 7) is 0.327. The van der Waals surface area contributed by atoms with Gasteiger partial charge in [-0.05, 0) is 48.5 Å². The van der Waals surface area contributed by atoms with Crippen LogP contribution in [0.3, 0.4) is 0 Å². The number of carbonyl (C=O) groups excluding carboxylic acids is 1. The van der Waals surface area contributed by atoms with Gasteiger partial charge in [0.2, 0.25) is 5.82 Å². The summed E-state index contributed by atoms with van der Waals surface area (Å²) in [4.78, 5) is 21.3. The third-order valence-corrected chi connectivity index (χ3v) is 4.34. The van der Waals surface area contributed by atoms with Crippen molar-refractivity contribution in [3.05, 3.63) is 89.2 Å². The lowest BCUT2D eigenvalue weighted by molar-refractivity contribution is 0.0951. The highest BCUT2D eigenvalue weighted by molar-refractivity contribution is 6.30. The number of halogens is 1. The van der Waals surface area contributed by atoms with Gasteiger partial charge in [-0.1, -0.05) is 35.0 Å². The molecule has 2 aromatic carbocycles. The number of nitrogens with zero attached hydrogens (tertiary/aromatic N) is 3. The van der Waals surface area contributed by atoms with Gasteiger partial charge in [-0.3, -0.25) is 9.78 Å². The Morgan fingerprint density at radius 3 is 2.57 bits per heavy atom. The minimum absolute atomic E-state index is 0.243. The zero-order valence-corrected chi connectivity index (χ0v) is 15.4. The van der Waals surface area contributed by atoms with Crippen LogP contribution < -0.4 is 5.32 Å². The van der Waals surface area contributed by atoms with Crippen LogP contribution in [0.1, 0.15) is 16.1 Å². The summed E-state index contributed by atoms with van der Waals surface area (Å²) in [5, 5.41) is 7.51. The number of rotatable bonds is 5. The van der Waals surface area contributed by atoms with Crippen LogP contribution in [0.15, 0.2) is 77.4 Å². The molecule has 138 valence electrons. The first kappa shape index (κ1) is 17.9. The second kappa shape index (κ2) is 8.02. The Hall–Kier alpha value is -3.51. The molecule has 0 saturated heterocycles. The Kier molecular flexibility index (Phi) is 5.12. The van der Waals surface area contributed by atoms with Gasteiger partial charge in [-0.25, -0.2) is 0 Å². The Bertz CT molecular complexity index is 1090. The predicted molar refractivity (Wildman–Crippen MR) is 106 cm³/mol. The van der Waals surface area contributed by atoms with Gasteiger partial charge in [0, 0.05) is 16.8 Å². The molecule has 6 nitrogen and oxygen atoms in total. The smallest absolute Gasteiger partial charge is 0.259 e. The van der Waals surface area contributed by atoms with Crippen molar-refractivity contribution < 1.29 is 9.32 Å². The van der Waals surface area contributed by atoms with Crippen LogP contribution in [0.2, 0.25) is 5.02 Å². The van der Waals surface area contributed by atoms with Crippen LogP contribution in [-0.4, -0.2) is 21.0 Å². The van der Waals surface area contributed by atoms with Gasteiger partial charge in [-0.15, -0.1) is 0 Å². The molecule has 0 aliphatic heterocycles. The van der Waals surface area contributed by atoms with Crippen molar-refractivity contribution in [2.24, 2.45) is 0 Å². The molecule has 2 aromatic heterocycles. The first-order chi connectivity index (χ1) is 13.7. The number of hydrogen-bond acceptors (Lipinski definition) is 5. The van der Waals surface area contributed by atoms with Crippen molar-refractivity contribution in [3.63, 3.8) is 0 Å². The molecule has 0 radical (unpaired) electrons. The lowest BCUT2D eigenvalue weighted by Crippen LogP contribution is -2.23. The van der Waals surface area contributed by atoms with E-state index < -0.39 is 0 Å². The first-order valence-electron chi connectivity index (χ1n) is 8.58. The third kappa shape index (κ3) is 3.92. The monoisotopic (exact) mass is 390 g/mol. The number of pyridine rings is 1. The van der Waals surface area contributed by atoms with Crippen molar-refractivity contribution in [2.75, 3.05) is 0 Å². The molecule has 0 aliphatic carbocycles. The molecule has 0 fully saturated rings. The fourth-order valence-electron chi connectivity index (χ4n) is 2.69. The standard InChI is InChI=1S/C21H15ClN4O2/c22-15-10-8-14(9-11-15)19-25-21(28-26-19)18-7-2-1-6-17(18)20(27)24-13-16-5-3-4-12-23-16/h1-12H,13H2,(H,24,27). The van der Waals surface area contributed by atoms with Gasteiger partial charge in [0.05, 0.1) is 23.4 Å². The van der Waals surface area contributed by atoms with Crippen molar-refractivity contribution in [1.29, 1.82) is 0 Å². The summed E-state index contributed by atoms with van der Waals surface area (Å²) in [5.41, 5.74) is 2.56. The van der Waals surface area contributed by atoms with E-state index in [0.717, 1.165) is 11.3 Å². The molecular formula is C21H15ClN4O2. The summed E-state index contributed by atoms with van der Waals surface area (Å²) in [6.07, 6.45) is 1.69. The molecule has 0 saturated carbocycles. The lowest BCUT2D eigenvalue weighted by atomic mass is 10.1. The Morgan fingerprint density at radius 2 is 1.79 bits per heavy atom. The number of nitrogens with one attached hydrogen (secondary N) is 1. The highest BCUT2D eigenvalue weighted by Crippen LogP contribution is 2.26. The molecule has 0 unspecified atom stereocenters. The quantitative estimate of drug-likeness (QED) is 0.546. The SMILES string of the molecule is O=C(NCc1ccccn1)c1ccccc1-c1nc(-c2ccc(Cl)cc2)no1. The minimum atomic E-state index is -0.243. The van der Waals surface area contributed by atoms with Crippen molar-refractivity contribution in [1.82, 2.24) is 20.4 Å². The molecule has 1 amide bonds. The fraction of sp³-hybridized carbons (Fsp3) is 0.0476. The minimum Gasteiger partial charge on any atom is -0.346 e. The van der Waals surface area contributed by atoms with Crippen LogP contribution in [-0.2, 0) is 6.54 Å². The predicted octanol–water partition coefficient (Wildman–Crippen LogP) is 4.38. The molecule has 7 heteroatoms. The van der Waals surface area contributed by atoms with Gasteiger partial charge < -0.3 is 9.84 Å². The number of aromatic nitrogens is 3. The lowest BCUT2D eigenvalue weighted by Gasteiger charge is -2.07. The zero-order chi connectivity index (χ0) is 19.3. The first-order valence-corrected chi connectivity index (χ1v) is 8.95. The third-order valence-electron chi connectivity index (χ3n) is 4.09. The van der Waals surface area contributed by atoms with E-state index >= 15 is 0 Å². The van der Waals surface area contributed by atoms with E-state index in [1.54, 1.807) is 36.5 Å². The van der Waals surface area contributed by atoms with Crippen LogP contribution in [0.4, 0.5) is 0 Å². The van der Waals surface area contributed by atoms with E-state index in [1.165, 1.54) is 0 Å². The molecular weight excluding hydrogens is 376 g/mol. The van der Waals surface area contributed by atoms with Gasteiger partial charge in [0.25, 0.3) is 11.8 Å². The topological polar surface area (TPSA) is 80.9 Å². The maximum absolute atomic E-state index is 12.7. The van der Waals surface area contributed by atoms with E-state index in [1.807, 2.05) is 36.4 Å². The molecule has 4 aromatic rings. The van der Waals surface area contributed by atoms with Crippen LogP contribution in [0.25, 0.3) is 22.8 Å². The van der Waals surface area contributed by atoms with E-state index in [0.29, 0.717) is 28.5 Å². The average molecular weight is 391 g/mol. The van der Waals surface area contributed by atoms with E-state index in [-0.39, 0.29) is 11.8 Å². The number of benzene rings is 2. The van der Waals surface area contributed by atoms with Gasteiger partial charge in [0.1, 0.15) is 0 Å². The molecule has 0 aliphatic rings. The van der Waals surface area contributed by atoms with E-state index in [2.05, 4.69) is 20.4 Å². The highest BCUT2D eigenvalue weighted by atomic mass is 35.5. The Labute approximate surface area is 166 Å².